The van der Waals surface area contributed by atoms with Crippen molar-refractivity contribution in [1.82, 2.24) is 15.2 Å². The minimum absolute atomic E-state index is 0. The van der Waals surface area contributed by atoms with Gasteiger partial charge in [-0.25, -0.2) is 8.42 Å². The Morgan fingerprint density at radius 1 is 1.33 bits per heavy atom. The van der Waals surface area contributed by atoms with Crippen molar-refractivity contribution in [1.29, 1.82) is 0 Å². The molecule has 1 saturated carbocycles. The van der Waals surface area contributed by atoms with E-state index in [1.807, 2.05) is 0 Å². The molecule has 1 heterocycles. The van der Waals surface area contributed by atoms with Gasteiger partial charge in [0.2, 0.25) is 15.9 Å². The Morgan fingerprint density at radius 2 is 1.96 bits per heavy atom. The number of nitrogens with one attached hydrogen (secondary N) is 2. The van der Waals surface area contributed by atoms with Crippen LogP contribution < -0.4 is 15.8 Å². The Morgan fingerprint density at radius 3 is 2.44 bits per heavy atom. The van der Waals surface area contributed by atoms with E-state index in [4.69, 9.17) is 10.3 Å². The van der Waals surface area contributed by atoms with E-state index in [1.165, 1.54) is 0 Å². The predicted octanol–water partition coefficient (Wildman–Crippen LogP) is 1.94. The van der Waals surface area contributed by atoms with Gasteiger partial charge in [0.05, 0.1) is 0 Å². The number of carbonyl (C=O) groups excluding carboxylic acids is 1. The first kappa shape index (κ1) is 23.9. The first-order valence-corrected chi connectivity index (χ1v) is 10.7. The Bertz CT molecular complexity index is 710. The standard InChI is InChI=1S/C17H30N4O4S.ClH/c1-4-5-8-14(11-18)19-16(22)17(9-6-7-10-17)21-26(23,24)15-12(2)20-25-13(15)3;/h14,21H,4-11,18H2,1-3H3,(H,19,22);1H. The lowest BCUT2D eigenvalue weighted by Gasteiger charge is -2.30. The van der Waals surface area contributed by atoms with Crippen LogP contribution in [0.15, 0.2) is 9.42 Å². The molecule has 1 aromatic rings. The van der Waals surface area contributed by atoms with Crippen LogP contribution >= 0.6 is 12.4 Å². The third-order valence-electron chi connectivity index (χ3n) is 4.98. The molecule has 0 aromatic carbocycles. The molecule has 0 aliphatic heterocycles. The molecule has 8 nitrogen and oxygen atoms in total. The summed E-state index contributed by atoms with van der Waals surface area (Å²) in [7, 11) is -3.92. The fourth-order valence-corrected chi connectivity index (χ4v) is 5.30. The minimum Gasteiger partial charge on any atom is -0.360 e. The van der Waals surface area contributed by atoms with Gasteiger partial charge in [-0.3, -0.25) is 4.79 Å². The van der Waals surface area contributed by atoms with Crippen molar-refractivity contribution in [3.05, 3.63) is 11.5 Å². The third kappa shape index (κ3) is 5.43. The molecule has 1 atom stereocenters. The average molecular weight is 423 g/mol. The molecule has 1 amide bonds. The van der Waals surface area contributed by atoms with E-state index in [-0.39, 0.29) is 40.7 Å². The van der Waals surface area contributed by atoms with E-state index in [2.05, 4.69) is 22.1 Å². The van der Waals surface area contributed by atoms with Crippen LogP contribution in [0.3, 0.4) is 0 Å². The first-order valence-electron chi connectivity index (χ1n) is 9.23. The Hall–Kier alpha value is -1.16. The van der Waals surface area contributed by atoms with Crippen molar-refractivity contribution in [2.75, 3.05) is 6.54 Å². The number of rotatable bonds is 9. The van der Waals surface area contributed by atoms with Gasteiger partial charge in [0.1, 0.15) is 16.1 Å². The fraction of sp³-hybridized carbons (Fsp3) is 0.765. The van der Waals surface area contributed by atoms with Crippen LogP contribution in [0.2, 0.25) is 0 Å². The number of halogens is 1. The maximum Gasteiger partial charge on any atom is 0.246 e. The molecule has 4 N–H and O–H groups in total. The van der Waals surface area contributed by atoms with Gasteiger partial charge < -0.3 is 15.6 Å². The van der Waals surface area contributed by atoms with Crippen molar-refractivity contribution in [3.8, 4) is 0 Å². The quantitative estimate of drug-likeness (QED) is 0.558. The second kappa shape index (κ2) is 9.86. The van der Waals surface area contributed by atoms with Crippen molar-refractivity contribution in [2.24, 2.45) is 5.73 Å². The maximum atomic E-state index is 13.0. The summed E-state index contributed by atoms with van der Waals surface area (Å²) in [5, 5.41) is 6.66. The second-order valence-corrected chi connectivity index (χ2v) is 8.72. The van der Waals surface area contributed by atoms with Crippen molar-refractivity contribution < 1.29 is 17.7 Å². The largest absolute Gasteiger partial charge is 0.360 e. The van der Waals surface area contributed by atoms with Gasteiger partial charge in [-0.1, -0.05) is 37.8 Å². The highest BCUT2D eigenvalue weighted by Gasteiger charge is 2.46. The number of nitrogens with two attached hydrogens (primary N) is 1. The third-order valence-corrected chi connectivity index (χ3v) is 6.76. The summed E-state index contributed by atoms with van der Waals surface area (Å²) in [5.41, 5.74) is 4.91. The lowest BCUT2D eigenvalue weighted by atomic mass is 9.97. The first-order chi connectivity index (χ1) is 12.3. The topological polar surface area (TPSA) is 127 Å². The molecule has 156 valence electrons. The number of hydrogen-bond acceptors (Lipinski definition) is 6. The zero-order valence-corrected chi connectivity index (χ0v) is 17.8. The number of carbonyl (C=O) groups is 1. The lowest BCUT2D eigenvalue weighted by Crippen LogP contribution is -2.59. The Balaban J connectivity index is 0.00000364. The van der Waals surface area contributed by atoms with Crippen LogP contribution in [0.25, 0.3) is 0 Å². The van der Waals surface area contributed by atoms with Gasteiger partial charge in [0, 0.05) is 12.6 Å². The van der Waals surface area contributed by atoms with Gasteiger partial charge in [-0.15, -0.1) is 12.4 Å². The van der Waals surface area contributed by atoms with Crippen LogP contribution in [0.4, 0.5) is 0 Å². The molecule has 0 saturated heterocycles. The molecule has 1 aliphatic carbocycles. The summed E-state index contributed by atoms with van der Waals surface area (Å²) in [6, 6.07) is -0.150. The summed E-state index contributed by atoms with van der Waals surface area (Å²) in [4.78, 5) is 13.0. The number of aromatic nitrogens is 1. The number of sulfonamides is 1. The maximum absolute atomic E-state index is 13.0. The highest BCUT2D eigenvalue weighted by Crippen LogP contribution is 2.33. The molecule has 1 aliphatic rings. The van der Waals surface area contributed by atoms with Crippen molar-refractivity contribution in [2.45, 2.75) is 82.2 Å². The van der Waals surface area contributed by atoms with Crippen LogP contribution in [-0.4, -0.2) is 37.6 Å². The van der Waals surface area contributed by atoms with Gasteiger partial charge in [0.15, 0.2) is 5.76 Å². The van der Waals surface area contributed by atoms with Gasteiger partial charge in [-0.2, -0.15) is 4.72 Å². The molecular formula is C17H31ClN4O4S. The van der Waals surface area contributed by atoms with E-state index in [9.17, 15) is 13.2 Å². The van der Waals surface area contributed by atoms with Gasteiger partial charge in [0.25, 0.3) is 0 Å². The minimum atomic E-state index is -3.92. The van der Waals surface area contributed by atoms with E-state index in [0.717, 1.165) is 32.1 Å². The molecule has 27 heavy (non-hydrogen) atoms. The summed E-state index contributed by atoms with van der Waals surface area (Å²) < 4.78 is 33.5. The molecule has 1 fully saturated rings. The van der Waals surface area contributed by atoms with Crippen LogP contribution in [0.5, 0.6) is 0 Å². The molecule has 0 radical (unpaired) electrons. The summed E-state index contributed by atoms with van der Waals surface area (Å²) in [5.74, 6) is -0.0803. The normalized spacial score (nSPS) is 17.3. The van der Waals surface area contributed by atoms with Crippen LogP contribution in [0.1, 0.15) is 63.3 Å². The molecule has 2 rings (SSSR count). The Kier molecular flexibility index (Phi) is 8.72. The number of hydrogen-bond donors (Lipinski definition) is 3. The molecule has 1 unspecified atom stereocenters. The predicted molar refractivity (Wildman–Crippen MR) is 105 cm³/mol. The lowest BCUT2D eigenvalue weighted by molar-refractivity contribution is -0.127. The number of aryl methyl sites for hydroxylation is 2. The van der Waals surface area contributed by atoms with E-state index in [0.29, 0.717) is 19.4 Å². The SMILES string of the molecule is CCCCC(CN)NC(=O)C1(NS(=O)(=O)c2c(C)noc2C)CCCC1.Cl. The van der Waals surface area contributed by atoms with Gasteiger partial charge >= 0.3 is 0 Å². The van der Waals surface area contributed by atoms with E-state index < -0.39 is 15.6 Å². The Labute approximate surface area is 167 Å². The molecular weight excluding hydrogens is 392 g/mol. The zero-order valence-electron chi connectivity index (χ0n) is 16.2. The summed E-state index contributed by atoms with van der Waals surface area (Å²) in [6.45, 7) is 5.52. The highest BCUT2D eigenvalue weighted by molar-refractivity contribution is 7.89. The molecule has 1 aromatic heterocycles. The monoisotopic (exact) mass is 422 g/mol. The smallest absolute Gasteiger partial charge is 0.246 e. The van der Waals surface area contributed by atoms with E-state index >= 15 is 0 Å². The summed E-state index contributed by atoms with van der Waals surface area (Å²) in [6.07, 6.45) is 5.26. The fourth-order valence-electron chi connectivity index (χ4n) is 3.54. The number of amides is 1. The number of nitrogens with zero attached hydrogens (tertiary/aromatic N) is 1. The van der Waals surface area contributed by atoms with Crippen molar-refractivity contribution in [3.63, 3.8) is 0 Å². The molecule has 10 heteroatoms. The van der Waals surface area contributed by atoms with Gasteiger partial charge in [-0.05, 0) is 33.1 Å². The molecule has 0 bridgehead atoms. The number of unbranched alkanes of at least 4 members (excludes halogenated alkanes) is 1. The average Bonchev–Trinajstić information content (AvgIpc) is 3.18. The zero-order chi connectivity index (χ0) is 19.4. The van der Waals surface area contributed by atoms with Crippen LogP contribution in [-0.2, 0) is 14.8 Å². The second-order valence-electron chi connectivity index (χ2n) is 7.10. The highest BCUT2D eigenvalue weighted by atomic mass is 35.5. The molecule has 0 spiro atoms. The van der Waals surface area contributed by atoms with E-state index in [1.54, 1.807) is 13.8 Å². The van der Waals surface area contributed by atoms with Crippen molar-refractivity contribution >= 4 is 28.3 Å². The van der Waals surface area contributed by atoms with Crippen LogP contribution in [0, 0.1) is 13.8 Å². The summed E-state index contributed by atoms with van der Waals surface area (Å²) >= 11 is 0.